The Kier molecular flexibility index (Phi) is 3.11. The first-order valence-corrected chi connectivity index (χ1v) is 7.89. The molecule has 0 atom stereocenters. The Labute approximate surface area is 133 Å². The predicted molar refractivity (Wildman–Crippen MR) is 85.1 cm³/mol. The Hall–Kier alpha value is -2.01. The molecule has 0 aromatic carbocycles. The maximum atomic E-state index is 6.24. The molecule has 0 bridgehead atoms. The van der Waals surface area contributed by atoms with Crippen molar-refractivity contribution in [1.82, 2.24) is 24.6 Å². The summed E-state index contributed by atoms with van der Waals surface area (Å²) in [5.74, 6) is 0. The zero-order valence-electron chi connectivity index (χ0n) is 12.6. The molecule has 5 nitrogen and oxygen atoms in total. The van der Waals surface area contributed by atoms with Crippen LogP contribution >= 0.6 is 11.6 Å². The SMILES string of the molecule is Cc1cc(Cl)n2nc(-c3nc4c(nc3C)CCCC4)cc2n1. The van der Waals surface area contributed by atoms with Gasteiger partial charge in [-0.15, -0.1) is 0 Å². The summed E-state index contributed by atoms with van der Waals surface area (Å²) < 4.78 is 1.64. The molecule has 0 aliphatic heterocycles. The number of hydrogen-bond donors (Lipinski definition) is 0. The third-order valence-corrected chi connectivity index (χ3v) is 4.33. The van der Waals surface area contributed by atoms with Gasteiger partial charge in [-0.2, -0.15) is 5.10 Å². The van der Waals surface area contributed by atoms with Gasteiger partial charge in [0.05, 0.1) is 17.1 Å². The maximum Gasteiger partial charge on any atom is 0.157 e. The van der Waals surface area contributed by atoms with E-state index in [4.69, 9.17) is 21.6 Å². The van der Waals surface area contributed by atoms with Gasteiger partial charge in [0.2, 0.25) is 0 Å². The van der Waals surface area contributed by atoms with Crippen LogP contribution in [0.3, 0.4) is 0 Å². The van der Waals surface area contributed by atoms with Gasteiger partial charge in [0, 0.05) is 11.8 Å². The van der Waals surface area contributed by atoms with Crippen molar-refractivity contribution in [1.29, 1.82) is 0 Å². The number of rotatable bonds is 1. The molecule has 3 aromatic heterocycles. The summed E-state index contributed by atoms with van der Waals surface area (Å²) >= 11 is 6.24. The molecule has 112 valence electrons. The largest absolute Gasteiger partial charge is 0.254 e. The molecule has 3 heterocycles. The quantitative estimate of drug-likeness (QED) is 0.647. The molecule has 0 fully saturated rings. The fourth-order valence-corrected chi connectivity index (χ4v) is 3.28. The first-order chi connectivity index (χ1) is 10.6. The molecule has 22 heavy (non-hydrogen) atoms. The van der Waals surface area contributed by atoms with Crippen LogP contribution < -0.4 is 0 Å². The highest BCUT2D eigenvalue weighted by Crippen LogP contribution is 2.26. The molecule has 0 saturated heterocycles. The van der Waals surface area contributed by atoms with Gasteiger partial charge in [-0.25, -0.2) is 14.5 Å². The van der Waals surface area contributed by atoms with E-state index in [-0.39, 0.29) is 0 Å². The van der Waals surface area contributed by atoms with Crippen molar-refractivity contribution in [3.63, 3.8) is 0 Å². The van der Waals surface area contributed by atoms with Gasteiger partial charge in [0.1, 0.15) is 16.5 Å². The van der Waals surface area contributed by atoms with Crippen LogP contribution in [0.5, 0.6) is 0 Å². The Morgan fingerprint density at radius 3 is 2.50 bits per heavy atom. The van der Waals surface area contributed by atoms with Gasteiger partial charge >= 0.3 is 0 Å². The van der Waals surface area contributed by atoms with E-state index in [2.05, 4.69) is 10.1 Å². The average molecular weight is 314 g/mol. The average Bonchev–Trinajstić information content (AvgIpc) is 2.90. The molecule has 0 N–H and O–H groups in total. The number of hydrogen-bond acceptors (Lipinski definition) is 4. The van der Waals surface area contributed by atoms with Gasteiger partial charge in [-0.1, -0.05) is 11.6 Å². The van der Waals surface area contributed by atoms with Crippen molar-refractivity contribution in [2.75, 3.05) is 0 Å². The van der Waals surface area contributed by atoms with E-state index in [1.54, 1.807) is 10.6 Å². The van der Waals surface area contributed by atoms with Crippen molar-refractivity contribution in [2.24, 2.45) is 0 Å². The van der Waals surface area contributed by atoms with Crippen molar-refractivity contribution in [3.05, 3.63) is 40.1 Å². The first-order valence-electron chi connectivity index (χ1n) is 7.51. The van der Waals surface area contributed by atoms with Crippen LogP contribution in [0.2, 0.25) is 5.15 Å². The van der Waals surface area contributed by atoms with E-state index in [0.29, 0.717) is 5.15 Å². The van der Waals surface area contributed by atoms with E-state index in [9.17, 15) is 0 Å². The van der Waals surface area contributed by atoms with Crippen LogP contribution in [-0.2, 0) is 12.8 Å². The minimum atomic E-state index is 0.553. The fourth-order valence-electron chi connectivity index (χ4n) is 3.00. The first kappa shape index (κ1) is 13.6. The molecule has 3 aromatic rings. The van der Waals surface area contributed by atoms with Gasteiger partial charge in [-0.05, 0) is 45.6 Å². The fraction of sp³-hybridized carbons (Fsp3) is 0.375. The highest BCUT2D eigenvalue weighted by molar-refractivity contribution is 6.29. The van der Waals surface area contributed by atoms with Crippen LogP contribution in [0.25, 0.3) is 17.0 Å². The molecule has 0 amide bonds. The number of aryl methyl sites for hydroxylation is 4. The minimum absolute atomic E-state index is 0.553. The highest BCUT2D eigenvalue weighted by Gasteiger charge is 2.18. The molecule has 0 unspecified atom stereocenters. The summed E-state index contributed by atoms with van der Waals surface area (Å²) in [6.07, 6.45) is 4.41. The van der Waals surface area contributed by atoms with E-state index in [0.717, 1.165) is 52.7 Å². The lowest BCUT2D eigenvalue weighted by Crippen LogP contribution is -2.10. The molecule has 4 rings (SSSR count). The van der Waals surface area contributed by atoms with Crippen molar-refractivity contribution >= 4 is 17.2 Å². The van der Waals surface area contributed by atoms with E-state index < -0.39 is 0 Å². The second kappa shape index (κ2) is 5.02. The third-order valence-electron chi connectivity index (χ3n) is 4.06. The standard InChI is InChI=1S/C16H16ClN5/c1-9-7-14(17)22-15(18-9)8-13(21-22)16-10(2)19-11-5-3-4-6-12(11)20-16/h7-8H,3-6H2,1-2H3. The summed E-state index contributed by atoms with van der Waals surface area (Å²) in [5, 5.41) is 5.11. The molecule has 0 saturated carbocycles. The lowest BCUT2D eigenvalue weighted by Gasteiger charge is -2.15. The minimum Gasteiger partial charge on any atom is -0.254 e. The summed E-state index contributed by atoms with van der Waals surface area (Å²) in [7, 11) is 0. The van der Waals surface area contributed by atoms with Gasteiger partial charge in [0.25, 0.3) is 0 Å². The Bertz CT molecular complexity index is 884. The summed E-state index contributed by atoms with van der Waals surface area (Å²) in [6.45, 7) is 3.91. The van der Waals surface area contributed by atoms with E-state index in [1.165, 1.54) is 12.8 Å². The van der Waals surface area contributed by atoms with Crippen molar-refractivity contribution in [3.8, 4) is 11.4 Å². The van der Waals surface area contributed by atoms with Crippen LogP contribution in [0.4, 0.5) is 0 Å². The normalized spacial score (nSPS) is 14.3. The number of halogens is 1. The van der Waals surface area contributed by atoms with Gasteiger partial charge in [-0.3, -0.25) is 4.98 Å². The smallest absolute Gasteiger partial charge is 0.157 e. The molecule has 6 heteroatoms. The Morgan fingerprint density at radius 1 is 1.00 bits per heavy atom. The second-order valence-corrected chi connectivity index (χ2v) is 6.17. The zero-order chi connectivity index (χ0) is 15.3. The van der Waals surface area contributed by atoms with Crippen LogP contribution in [0.15, 0.2) is 12.1 Å². The summed E-state index contributed by atoms with van der Waals surface area (Å²) in [5.41, 5.74) is 6.38. The number of aromatic nitrogens is 5. The van der Waals surface area contributed by atoms with Gasteiger partial charge < -0.3 is 0 Å². The zero-order valence-corrected chi connectivity index (χ0v) is 13.4. The van der Waals surface area contributed by atoms with Gasteiger partial charge in [0.15, 0.2) is 5.65 Å². The third kappa shape index (κ3) is 2.16. The second-order valence-electron chi connectivity index (χ2n) is 5.78. The Morgan fingerprint density at radius 2 is 1.73 bits per heavy atom. The lowest BCUT2D eigenvalue weighted by molar-refractivity contribution is 0.647. The molecule has 1 aliphatic carbocycles. The topological polar surface area (TPSA) is 56.0 Å². The van der Waals surface area contributed by atoms with E-state index >= 15 is 0 Å². The van der Waals surface area contributed by atoms with Crippen LogP contribution in [0.1, 0.15) is 35.6 Å². The number of fused-ring (bicyclic) bond motifs is 2. The van der Waals surface area contributed by atoms with E-state index in [1.807, 2.05) is 19.9 Å². The van der Waals surface area contributed by atoms with Crippen molar-refractivity contribution < 1.29 is 0 Å². The monoisotopic (exact) mass is 313 g/mol. The molecule has 1 aliphatic rings. The lowest BCUT2D eigenvalue weighted by atomic mass is 10.00. The highest BCUT2D eigenvalue weighted by atomic mass is 35.5. The molecular weight excluding hydrogens is 298 g/mol. The maximum absolute atomic E-state index is 6.24. The van der Waals surface area contributed by atoms with Crippen LogP contribution in [-0.4, -0.2) is 24.6 Å². The predicted octanol–water partition coefficient (Wildman–Crippen LogP) is 3.34. The Balaban J connectivity index is 1.90. The summed E-state index contributed by atoms with van der Waals surface area (Å²) in [6, 6.07) is 3.72. The van der Waals surface area contributed by atoms with Crippen LogP contribution in [0, 0.1) is 13.8 Å². The summed E-state index contributed by atoms with van der Waals surface area (Å²) in [4.78, 5) is 14.0. The van der Waals surface area contributed by atoms with Crippen molar-refractivity contribution in [2.45, 2.75) is 39.5 Å². The molecular formula is C16H16ClN5. The molecule has 0 spiro atoms. The number of nitrogens with zero attached hydrogens (tertiary/aromatic N) is 5. The molecule has 0 radical (unpaired) electrons.